The first-order valence-electron chi connectivity index (χ1n) is 3.88. The van der Waals surface area contributed by atoms with E-state index in [2.05, 4.69) is 0 Å². The second kappa shape index (κ2) is 3.09. The first kappa shape index (κ1) is 9.21. The number of fused-ring (bicyclic) bond motifs is 1. The Bertz CT molecular complexity index is 481. The molecule has 1 heterocycles. The number of hydrogen-bond acceptors (Lipinski definition) is 3. The molecule has 0 aliphatic rings. The number of alkyl halides is 2. The molecule has 0 bridgehead atoms. The van der Waals surface area contributed by atoms with Crippen LogP contribution in [0, 0.1) is 0 Å². The second-order valence-corrected chi connectivity index (χ2v) is 3.97. The molecule has 2 rings (SSSR count). The van der Waals surface area contributed by atoms with Crippen molar-refractivity contribution in [1.29, 1.82) is 0 Å². The molecule has 3 N–H and O–H groups in total. The standard InChI is InChI=1S/C9H7F2NOS/c10-9(11)8-4-3-7(12)14-6(4)2-1-5(8)13/h1-3,9,13H,12H2. The first-order valence-corrected chi connectivity index (χ1v) is 4.70. The number of nitrogens with two attached hydrogens (primary N) is 1. The van der Waals surface area contributed by atoms with Crippen LogP contribution in [0.5, 0.6) is 5.75 Å². The van der Waals surface area contributed by atoms with Gasteiger partial charge in [-0.25, -0.2) is 8.78 Å². The maximum atomic E-state index is 12.6. The Kier molecular flexibility index (Phi) is 2.03. The minimum Gasteiger partial charge on any atom is -0.507 e. The number of aromatic hydroxyl groups is 1. The molecule has 2 aromatic rings. The zero-order valence-electron chi connectivity index (χ0n) is 7.00. The van der Waals surface area contributed by atoms with E-state index in [4.69, 9.17) is 5.73 Å². The number of phenolic OH excluding ortho intramolecular Hbond substituents is 1. The lowest BCUT2D eigenvalue weighted by molar-refractivity contribution is 0.149. The van der Waals surface area contributed by atoms with Crippen LogP contribution >= 0.6 is 11.3 Å². The summed E-state index contributed by atoms with van der Waals surface area (Å²) in [5.41, 5.74) is 5.16. The zero-order chi connectivity index (χ0) is 10.3. The van der Waals surface area contributed by atoms with Gasteiger partial charge in [0.05, 0.1) is 10.6 Å². The van der Waals surface area contributed by atoms with E-state index in [1.807, 2.05) is 0 Å². The number of halogens is 2. The van der Waals surface area contributed by atoms with Gasteiger partial charge in [-0.3, -0.25) is 0 Å². The molecular formula is C9H7F2NOS. The van der Waals surface area contributed by atoms with Crippen molar-refractivity contribution in [3.63, 3.8) is 0 Å². The van der Waals surface area contributed by atoms with E-state index in [0.29, 0.717) is 15.1 Å². The lowest BCUT2D eigenvalue weighted by Crippen LogP contribution is -1.85. The van der Waals surface area contributed by atoms with Gasteiger partial charge in [0.25, 0.3) is 6.43 Å². The van der Waals surface area contributed by atoms with Crippen LogP contribution in [0.25, 0.3) is 10.1 Å². The minimum absolute atomic E-state index is 0.336. The Morgan fingerprint density at radius 2 is 2.07 bits per heavy atom. The number of nitrogen functional groups attached to an aromatic ring is 1. The van der Waals surface area contributed by atoms with E-state index in [9.17, 15) is 13.9 Å². The van der Waals surface area contributed by atoms with Crippen molar-refractivity contribution in [3.05, 3.63) is 23.8 Å². The van der Waals surface area contributed by atoms with Gasteiger partial charge in [0.1, 0.15) is 5.75 Å². The average molecular weight is 215 g/mol. The Labute approximate surface area is 82.6 Å². The third-order valence-electron chi connectivity index (χ3n) is 1.96. The second-order valence-electron chi connectivity index (χ2n) is 2.86. The third-order valence-corrected chi connectivity index (χ3v) is 2.89. The Morgan fingerprint density at radius 1 is 1.36 bits per heavy atom. The smallest absolute Gasteiger partial charge is 0.268 e. The van der Waals surface area contributed by atoms with Crippen LogP contribution in [0.1, 0.15) is 12.0 Å². The lowest BCUT2D eigenvalue weighted by atomic mass is 10.1. The SMILES string of the molecule is Nc1cc2c(C(F)F)c(O)ccc2s1. The number of rotatable bonds is 1. The van der Waals surface area contributed by atoms with E-state index >= 15 is 0 Å². The van der Waals surface area contributed by atoms with Gasteiger partial charge in [-0.05, 0) is 18.2 Å². The third kappa shape index (κ3) is 1.29. The summed E-state index contributed by atoms with van der Waals surface area (Å²) in [5.74, 6) is -0.384. The van der Waals surface area contributed by atoms with Gasteiger partial charge in [-0.15, -0.1) is 11.3 Å². The highest BCUT2D eigenvalue weighted by atomic mass is 32.1. The summed E-state index contributed by atoms with van der Waals surface area (Å²) in [6.45, 7) is 0. The molecule has 5 heteroatoms. The molecule has 0 spiro atoms. The normalized spacial score (nSPS) is 11.4. The highest BCUT2D eigenvalue weighted by Crippen LogP contribution is 2.39. The fourth-order valence-corrected chi connectivity index (χ4v) is 2.22. The Hall–Kier alpha value is -1.36. The average Bonchev–Trinajstić information content (AvgIpc) is 2.43. The van der Waals surface area contributed by atoms with E-state index in [-0.39, 0.29) is 11.3 Å². The Balaban J connectivity index is 2.82. The van der Waals surface area contributed by atoms with Crippen LogP contribution in [-0.4, -0.2) is 5.11 Å². The minimum atomic E-state index is -2.69. The van der Waals surface area contributed by atoms with Crippen molar-refractivity contribution in [1.82, 2.24) is 0 Å². The molecule has 74 valence electrons. The highest BCUT2D eigenvalue weighted by molar-refractivity contribution is 7.22. The molecule has 0 fully saturated rings. The number of hydrogen-bond donors (Lipinski definition) is 2. The van der Waals surface area contributed by atoms with Crippen molar-refractivity contribution in [2.45, 2.75) is 6.43 Å². The van der Waals surface area contributed by atoms with Crippen molar-refractivity contribution in [2.75, 3.05) is 5.73 Å². The van der Waals surface area contributed by atoms with Gasteiger partial charge in [0.2, 0.25) is 0 Å². The van der Waals surface area contributed by atoms with Gasteiger partial charge in [-0.2, -0.15) is 0 Å². The van der Waals surface area contributed by atoms with Crippen LogP contribution in [0.2, 0.25) is 0 Å². The zero-order valence-corrected chi connectivity index (χ0v) is 7.81. The summed E-state index contributed by atoms with van der Waals surface area (Å²) in [4.78, 5) is 0. The molecule has 0 unspecified atom stereocenters. The summed E-state index contributed by atoms with van der Waals surface area (Å²) in [6, 6.07) is 4.30. The summed E-state index contributed by atoms with van der Waals surface area (Å²) in [5, 5.41) is 10.1. The molecule has 1 aromatic carbocycles. The molecule has 0 aliphatic heterocycles. The predicted molar refractivity (Wildman–Crippen MR) is 52.9 cm³/mol. The molecule has 0 aliphatic carbocycles. The van der Waals surface area contributed by atoms with Crippen LogP contribution in [0.3, 0.4) is 0 Å². The van der Waals surface area contributed by atoms with Crippen LogP contribution in [-0.2, 0) is 0 Å². The molecule has 0 amide bonds. The van der Waals surface area contributed by atoms with E-state index in [0.717, 1.165) is 0 Å². The number of anilines is 1. The fraction of sp³-hybridized carbons (Fsp3) is 0.111. The molecule has 0 radical (unpaired) electrons. The van der Waals surface area contributed by atoms with Gasteiger partial charge in [0.15, 0.2) is 0 Å². The molecule has 14 heavy (non-hydrogen) atoms. The summed E-state index contributed by atoms with van der Waals surface area (Å²) >= 11 is 1.23. The maximum absolute atomic E-state index is 12.6. The van der Waals surface area contributed by atoms with Crippen LogP contribution < -0.4 is 5.73 Å². The Morgan fingerprint density at radius 3 is 2.71 bits per heavy atom. The fourth-order valence-electron chi connectivity index (χ4n) is 1.37. The predicted octanol–water partition coefficient (Wildman–Crippen LogP) is 3.13. The number of phenols is 1. The number of thiophene rings is 1. The molecule has 0 atom stereocenters. The molecule has 0 saturated heterocycles. The quantitative estimate of drug-likeness (QED) is 0.767. The van der Waals surface area contributed by atoms with Gasteiger partial charge >= 0.3 is 0 Å². The van der Waals surface area contributed by atoms with Crippen molar-refractivity contribution in [2.24, 2.45) is 0 Å². The molecule has 1 aromatic heterocycles. The van der Waals surface area contributed by atoms with Crippen molar-refractivity contribution >= 4 is 26.4 Å². The van der Waals surface area contributed by atoms with Crippen LogP contribution in [0.4, 0.5) is 13.8 Å². The van der Waals surface area contributed by atoms with Crippen molar-refractivity contribution < 1.29 is 13.9 Å². The summed E-state index contributed by atoms with van der Waals surface area (Å²) in [7, 11) is 0. The summed E-state index contributed by atoms with van der Waals surface area (Å²) in [6.07, 6.45) is -2.69. The maximum Gasteiger partial charge on any atom is 0.268 e. The van der Waals surface area contributed by atoms with E-state index in [1.54, 1.807) is 6.07 Å². The van der Waals surface area contributed by atoms with Crippen molar-refractivity contribution in [3.8, 4) is 5.75 Å². The van der Waals surface area contributed by atoms with Gasteiger partial charge in [0, 0.05) is 10.1 Å². The monoisotopic (exact) mass is 215 g/mol. The lowest BCUT2D eigenvalue weighted by Gasteiger charge is -2.03. The largest absolute Gasteiger partial charge is 0.507 e. The van der Waals surface area contributed by atoms with E-state index < -0.39 is 6.43 Å². The van der Waals surface area contributed by atoms with Gasteiger partial charge in [-0.1, -0.05) is 0 Å². The van der Waals surface area contributed by atoms with Crippen LogP contribution in [0.15, 0.2) is 18.2 Å². The topological polar surface area (TPSA) is 46.2 Å². The highest BCUT2D eigenvalue weighted by Gasteiger charge is 2.17. The first-order chi connectivity index (χ1) is 6.59. The number of benzene rings is 1. The van der Waals surface area contributed by atoms with E-state index in [1.165, 1.54) is 23.5 Å². The van der Waals surface area contributed by atoms with Gasteiger partial charge < -0.3 is 10.8 Å². The summed E-state index contributed by atoms with van der Waals surface area (Å²) < 4.78 is 25.8. The molecular weight excluding hydrogens is 208 g/mol. The molecule has 0 saturated carbocycles. The molecule has 2 nitrogen and oxygen atoms in total.